The van der Waals surface area contributed by atoms with Crippen LogP contribution in [0.15, 0.2) is 23.5 Å². The summed E-state index contributed by atoms with van der Waals surface area (Å²) in [5, 5.41) is 0.917. The van der Waals surface area contributed by atoms with Gasteiger partial charge in [0.2, 0.25) is 0 Å². The minimum absolute atomic E-state index is 0.0705. The SMILES string of the molecule is C=C1C(=O)OCc2c1cc1n(c2=O)Cc2c-1nc1cc(F)c(C)c3c1c2[C@@H](N)CC3. The smallest absolute Gasteiger partial charge is 0.338 e. The van der Waals surface area contributed by atoms with Gasteiger partial charge in [-0.3, -0.25) is 4.79 Å². The van der Waals surface area contributed by atoms with Gasteiger partial charge >= 0.3 is 5.97 Å². The van der Waals surface area contributed by atoms with E-state index >= 15 is 0 Å². The van der Waals surface area contributed by atoms with Crippen molar-refractivity contribution in [3.8, 4) is 11.4 Å². The molecule has 1 aliphatic carbocycles. The number of hydrogen-bond donors (Lipinski definition) is 1. The van der Waals surface area contributed by atoms with Gasteiger partial charge in [-0.2, -0.15) is 0 Å². The van der Waals surface area contributed by atoms with Crippen molar-refractivity contribution < 1.29 is 13.9 Å². The van der Waals surface area contributed by atoms with E-state index in [0.29, 0.717) is 53.0 Å². The minimum atomic E-state index is -0.532. The Labute approximate surface area is 170 Å². The molecule has 7 heteroatoms. The van der Waals surface area contributed by atoms with E-state index in [0.717, 1.165) is 22.1 Å². The van der Waals surface area contributed by atoms with Gasteiger partial charge < -0.3 is 15.0 Å². The second kappa shape index (κ2) is 5.64. The van der Waals surface area contributed by atoms with Crippen LogP contribution >= 0.6 is 0 Å². The lowest BCUT2D eigenvalue weighted by Gasteiger charge is -2.26. The second-order valence-corrected chi connectivity index (χ2v) is 8.22. The van der Waals surface area contributed by atoms with Crippen molar-refractivity contribution >= 4 is 22.4 Å². The largest absolute Gasteiger partial charge is 0.457 e. The van der Waals surface area contributed by atoms with E-state index in [1.807, 2.05) is 0 Å². The summed E-state index contributed by atoms with van der Waals surface area (Å²) >= 11 is 0. The van der Waals surface area contributed by atoms with Crippen molar-refractivity contribution in [2.75, 3.05) is 0 Å². The first-order chi connectivity index (χ1) is 14.4. The summed E-state index contributed by atoms with van der Waals surface area (Å²) < 4.78 is 21.3. The molecule has 3 aliphatic rings. The third-order valence-corrected chi connectivity index (χ3v) is 6.70. The highest BCUT2D eigenvalue weighted by Crippen LogP contribution is 2.44. The summed E-state index contributed by atoms with van der Waals surface area (Å²) in [4.78, 5) is 29.9. The minimum Gasteiger partial charge on any atom is -0.457 e. The van der Waals surface area contributed by atoms with Crippen LogP contribution in [0.3, 0.4) is 0 Å². The lowest BCUT2D eigenvalue weighted by Crippen LogP contribution is -2.29. The molecular formula is C23H18FN3O3. The van der Waals surface area contributed by atoms with E-state index < -0.39 is 5.97 Å². The van der Waals surface area contributed by atoms with Crippen LogP contribution in [0, 0.1) is 12.7 Å². The number of benzene rings is 1. The summed E-state index contributed by atoms with van der Waals surface area (Å²) in [6.07, 6.45) is 1.42. The fourth-order valence-corrected chi connectivity index (χ4v) is 5.12. The fraction of sp³-hybridized carbons (Fsp3) is 0.261. The van der Waals surface area contributed by atoms with Crippen LogP contribution in [0.4, 0.5) is 4.39 Å². The summed E-state index contributed by atoms with van der Waals surface area (Å²) in [6, 6.07) is 3.02. The Morgan fingerprint density at radius 3 is 2.87 bits per heavy atom. The summed E-state index contributed by atoms with van der Waals surface area (Å²) in [6.45, 7) is 5.85. The van der Waals surface area contributed by atoms with Crippen molar-refractivity contribution in [3.63, 3.8) is 0 Å². The van der Waals surface area contributed by atoms with Crippen molar-refractivity contribution in [2.45, 2.75) is 39.0 Å². The van der Waals surface area contributed by atoms with Gasteiger partial charge in [0.15, 0.2) is 0 Å². The number of rotatable bonds is 0. The van der Waals surface area contributed by atoms with Crippen LogP contribution in [0.25, 0.3) is 27.9 Å². The summed E-state index contributed by atoms with van der Waals surface area (Å²) in [5.74, 6) is -0.820. The van der Waals surface area contributed by atoms with E-state index in [1.54, 1.807) is 17.6 Å². The maximum Gasteiger partial charge on any atom is 0.338 e. The standard InChI is InChI=1S/C23H18FN3O3/c1-9-11-3-4-16(25)19-13-7-27-18(21(13)26-17(20(11)19)6-15(9)24)5-12-10(2)23(29)30-8-14(12)22(27)28/h5-6,16H,2-4,7-8,25H2,1H3/t16-/m0/s1. The average Bonchev–Trinajstić information content (AvgIpc) is 3.09. The number of carbonyl (C=O) groups excluding carboxylic acids is 1. The lowest BCUT2D eigenvalue weighted by atomic mass is 9.82. The van der Waals surface area contributed by atoms with Crippen LogP contribution < -0.4 is 11.3 Å². The molecule has 0 saturated carbocycles. The number of esters is 1. The van der Waals surface area contributed by atoms with Crippen LogP contribution in [-0.4, -0.2) is 15.5 Å². The van der Waals surface area contributed by atoms with E-state index in [-0.39, 0.29) is 29.6 Å². The molecule has 1 aromatic carbocycles. The molecule has 150 valence electrons. The predicted octanol–water partition coefficient (Wildman–Crippen LogP) is 2.89. The van der Waals surface area contributed by atoms with E-state index in [9.17, 15) is 14.0 Å². The first-order valence-corrected chi connectivity index (χ1v) is 9.90. The van der Waals surface area contributed by atoms with Gasteiger partial charge in [-0.15, -0.1) is 0 Å². The highest BCUT2D eigenvalue weighted by Gasteiger charge is 2.34. The van der Waals surface area contributed by atoms with Crippen molar-refractivity contribution in [2.24, 2.45) is 5.73 Å². The third kappa shape index (κ3) is 2.02. The maximum absolute atomic E-state index is 14.6. The molecule has 0 bridgehead atoms. The van der Waals surface area contributed by atoms with Crippen LogP contribution in [-0.2, 0) is 29.1 Å². The third-order valence-electron chi connectivity index (χ3n) is 6.70. The molecule has 0 spiro atoms. The van der Waals surface area contributed by atoms with Gasteiger partial charge in [0.05, 0.1) is 34.6 Å². The molecule has 4 heterocycles. The molecule has 30 heavy (non-hydrogen) atoms. The summed E-state index contributed by atoms with van der Waals surface area (Å²) in [5.41, 5.74) is 12.6. The van der Waals surface area contributed by atoms with Crippen LogP contribution in [0.2, 0.25) is 0 Å². The molecule has 2 aromatic heterocycles. The number of cyclic esters (lactones) is 1. The number of halogens is 1. The highest BCUT2D eigenvalue weighted by atomic mass is 19.1. The molecule has 0 radical (unpaired) electrons. The lowest BCUT2D eigenvalue weighted by molar-refractivity contribution is -0.138. The zero-order valence-corrected chi connectivity index (χ0v) is 16.3. The van der Waals surface area contributed by atoms with Gasteiger partial charge in [-0.05, 0) is 42.5 Å². The number of hydrogen-bond acceptors (Lipinski definition) is 5. The normalized spacial score (nSPS) is 18.8. The van der Waals surface area contributed by atoms with Crippen LogP contribution in [0.1, 0.15) is 45.8 Å². The predicted molar refractivity (Wildman–Crippen MR) is 109 cm³/mol. The Hall–Kier alpha value is -3.32. The molecule has 2 aliphatic heterocycles. The molecule has 3 aromatic rings. The Morgan fingerprint density at radius 2 is 2.07 bits per heavy atom. The van der Waals surface area contributed by atoms with Gasteiger partial charge in [-0.25, -0.2) is 14.2 Å². The summed E-state index contributed by atoms with van der Waals surface area (Å²) in [7, 11) is 0. The number of ether oxygens (including phenoxy) is 1. The molecule has 6 rings (SSSR count). The van der Waals surface area contributed by atoms with E-state index in [2.05, 4.69) is 6.58 Å². The maximum atomic E-state index is 14.6. The molecule has 2 N–H and O–H groups in total. The monoisotopic (exact) mass is 403 g/mol. The number of fused-ring (bicyclic) bond motifs is 5. The Bertz CT molecular complexity index is 1420. The average molecular weight is 403 g/mol. The number of pyridine rings is 2. The molecule has 1 atom stereocenters. The van der Waals surface area contributed by atoms with Gasteiger partial charge in [0.1, 0.15) is 12.4 Å². The quantitative estimate of drug-likeness (QED) is 0.360. The molecule has 0 unspecified atom stereocenters. The fourth-order valence-electron chi connectivity index (χ4n) is 5.12. The number of nitrogens with zero attached hydrogens (tertiary/aromatic N) is 2. The van der Waals surface area contributed by atoms with Gasteiger partial charge in [-0.1, -0.05) is 6.58 Å². The number of aromatic nitrogens is 2. The van der Waals surface area contributed by atoms with E-state index in [1.165, 1.54) is 6.07 Å². The highest BCUT2D eigenvalue weighted by molar-refractivity contribution is 6.17. The second-order valence-electron chi connectivity index (χ2n) is 8.22. The molecule has 6 nitrogen and oxygen atoms in total. The van der Waals surface area contributed by atoms with Crippen LogP contribution in [0.5, 0.6) is 0 Å². The van der Waals surface area contributed by atoms with Crippen molar-refractivity contribution in [1.82, 2.24) is 9.55 Å². The Kier molecular flexibility index (Phi) is 3.29. The van der Waals surface area contributed by atoms with E-state index in [4.69, 9.17) is 15.5 Å². The Morgan fingerprint density at radius 1 is 1.27 bits per heavy atom. The first-order valence-electron chi connectivity index (χ1n) is 9.90. The van der Waals surface area contributed by atoms with Gasteiger partial charge in [0, 0.05) is 28.6 Å². The molecule has 0 saturated heterocycles. The number of carbonyl (C=O) groups is 1. The first kappa shape index (κ1) is 17.5. The Balaban J connectivity index is 1.71. The zero-order valence-electron chi connectivity index (χ0n) is 16.3. The number of nitrogens with two attached hydrogens (primary N) is 1. The molecule has 0 amide bonds. The molecule has 0 fully saturated rings. The van der Waals surface area contributed by atoms with Crippen molar-refractivity contribution in [3.05, 3.63) is 68.3 Å². The molecular weight excluding hydrogens is 385 g/mol. The van der Waals surface area contributed by atoms with Crippen molar-refractivity contribution in [1.29, 1.82) is 0 Å². The zero-order chi connectivity index (χ0) is 20.9. The number of aryl methyl sites for hydroxylation is 1. The van der Waals surface area contributed by atoms with Gasteiger partial charge in [0.25, 0.3) is 5.56 Å². The topological polar surface area (TPSA) is 87.2 Å².